The zero-order valence-corrected chi connectivity index (χ0v) is 20.2. The van der Waals surface area contributed by atoms with E-state index in [4.69, 9.17) is 18.9 Å². The summed E-state index contributed by atoms with van der Waals surface area (Å²) in [7, 11) is 3.37. The van der Waals surface area contributed by atoms with Gasteiger partial charge in [-0.1, -0.05) is 21.6 Å². The molecule has 7 nitrogen and oxygen atoms in total. The van der Waals surface area contributed by atoms with Gasteiger partial charge in [-0.15, -0.1) is 0 Å². The minimum Gasteiger partial charge on any atom is -0.460 e. The Morgan fingerprint density at radius 2 is 2.00 bits per heavy atom. The van der Waals surface area contributed by atoms with Crippen molar-refractivity contribution in [2.45, 2.75) is 83.9 Å². The van der Waals surface area contributed by atoms with Gasteiger partial charge in [0.2, 0.25) is 5.91 Å². The molecule has 0 bridgehead atoms. The van der Waals surface area contributed by atoms with Crippen LogP contribution in [0, 0.1) is 0 Å². The highest BCUT2D eigenvalue weighted by atomic mass is 33.1. The molecule has 1 amide bonds. The van der Waals surface area contributed by atoms with Crippen LogP contribution in [0.2, 0.25) is 0 Å². The van der Waals surface area contributed by atoms with Gasteiger partial charge in [0.05, 0.1) is 23.9 Å². The quantitative estimate of drug-likeness (QED) is 0.197. The van der Waals surface area contributed by atoms with Gasteiger partial charge in [-0.3, -0.25) is 9.59 Å². The highest BCUT2D eigenvalue weighted by molar-refractivity contribution is 8.76. The molecule has 1 aliphatic rings. The van der Waals surface area contributed by atoms with Crippen molar-refractivity contribution in [2.75, 3.05) is 31.8 Å². The zero-order valence-electron chi connectivity index (χ0n) is 18.6. The van der Waals surface area contributed by atoms with Crippen LogP contribution in [0.15, 0.2) is 0 Å². The molecule has 2 atom stereocenters. The molecule has 1 fully saturated rings. The fourth-order valence-electron chi connectivity index (χ4n) is 2.81. The summed E-state index contributed by atoms with van der Waals surface area (Å²) < 4.78 is 22.9. The second-order valence-corrected chi connectivity index (χ2v) is 11.3. The Balaban J connectivity index is 2.31. The van der Waals surface area contributed by atoms with Crippen molar-refractivity contribution >= 4 is 33.5 Å². The first-order chi connectivity index (χ1) is 13.5. The van der Waals surface area contributed by atoms with Gasteiger partial charge in [-0.2, -0.15) is 0 Å². The molecule has 1 N–H and O–H groups in total. The Hall–Kier alpha value is -0.480. The van der Waals surface area contributed by atoms with E-state index in [1.807, 2.05) is 40.9 Å². The van der Waals surface area contributed by atoms with Crippen molar-refractivity contribution in [1.29, 1.82) is 0 Å². The summed E-state index contributed by atoms with van der Waals surface area (Å²) in [6.45, 7) is 11.0. The molecule has 1 saturated heterocycles. The number of esters is 1. The lowest BCUT2D eigenvalue weighted by molar-refractivity contribution is -0.233. The third-order valence-corrected chi connectivity index (χ3v) is 5.81. The van der Waals surface area contributed by atoms with Gasteiger partial charge in [0.1, 0.15) is 6.61 Å². The first kappa shape index (κ1) is 26.6. The van der Waals surface area contributed by atoms with Crippen molar-refractivity contribution in [3.8, 4) is 0 Å². The Labute approximate surface area is 183 Å². The van der Waals surface area contributed by atoms with Gasteiger partial charge < -0.3 is 24.3 Å². The van der Waals surface area contributed by atoms with E-state index in [1.165, 1.54) is 0 Å². The van der Waals surface area contributed by atoms with Gasteiger partial charge in [-0.25, -0.2) is 0 Å². The lowest BCUT2D eigenvalue weighted by Crippen LogP contribution is -2.36. The number of nitrogens with one attached hydrogen (secondary N) is 1. The minimum absolute atomic E-state index is 0.0190. The van der Waals surface area contributed by atoms with Gasteiger partial charge in [0.25, 0.3) is 0 Å². The molecular formula is C20H37NO6S2. The number of hydrogen-bond donors (Lipinski definition) is 1. The molecular weight excluding hydrogens is 414 g/mol. The van der Waals surface area contributed by atoms with Crippen LogP contribution in [0.4, 0.5) is 0 Å². The van der Waals surface area contributed by atoms with Crippen LogP contribution in [0.5, 0.6) is 0 Å². The van der Waals surface area contributed by atoms with E-state index in [9.17, 15) is 9.59 Å². The van der Waals surface area contributed by atoms with Crippen LogP contribution in [0.1, 0.15) is 60.3 Å². The van der Waals surface area contributed by atoms with Crippen LogP contribution < -0.4 is 5.32 Å². The average molecular weight is 452 g/mol. The maximum absolute atomic E-state index is 12.0. The number of amides is 1. The van der Waals surface area contributed by atoms with E-state index in [-0.39, 0.29) is 36.6 Å². The molecule has 0 aromatic rings. The number of carbonyl (C=O) groups excluding carboxylic acids is 2. The topological polar surface area (TPSA) is 83.1 Å². The summed E-state index contributed by atoms with van der Waals surface area (Å²) in [5.41, 5.74) is -0.652. The second kappa shape index (κ2) is 13.0. The van der Waals surface area contributed by atoms with Gasteiger partial charge in [-0.05, 0) is 47.3 Å². The summed E-state index contributed by atoms with van der Waals surface area (Å²) in [6, 6.07) is 0. The molecule has 0 aliphatic carbocycles. The van der Waals surface area contributed by atoms with E-state index in [2.05, 4.69) is 5.32 Å². The van der Waals surface area contributed by atoms with E-state index in [0.29, 0.717) is 26.0 Å². The van der Waals surface area contributed by atoms with Crippen molar-refractivity contribution in [3.63, 3.8) is 0 Å². The Morgan fingerprint density at radius 1 is 1.28 bits per heavy atom. The summed E-state index contributed by atoms with van der Waals surface area (Å²) in [5.74, 6) is 0.471. The highest BCUT2D eigenvalue weighted by Crippen LogP contribution is 2.28. The summed E-state index contributed by atoms with van der Waals surface area (Å²) in [4.78, 5) is 23.8. The van der Waals surface area contributed by atoms with Crippen molar-refractivity contribution in [1.82, 2.24) is 5.32 Å². The van der Waals surface area contributed by atoms with E-state index in [1.54, 1.807) is 21.6 Å². The third-order valence-electron chi connectivity index (χ3n) is 4.00. The number of ether oxygens (including phenoxy) is 4. The Bertz CT molecular complexity index is 510. The second-order valence-electron chi connectivity index (χ2n) is 8.57. The van der Waals surface area contributed by atoms with E-state index < -0.39 is 11.9 Å². The lowest BCUT2D eigenvalue weighted by atomic mass is 10.1. The molecule has 0 aromatic carbocycles. The first-order valence-electron chi connectivity index (χ1n) is 10.1. The predicted octanol–water partition coefficient (Wildman–Crippen LogP) is 3.55. The molecule has 1 rings (SSSR count). The van der Waals surface area contributed by atoms with Crippen LogP contribution in [0.25, 0.3) is 0 Å². The standard InChI is InChI=1S/C20H37NO6S2/c1-19(2,3)27-18(26-15-12-20(4,5)25-13-15)14-24-17(23)9-7-8-16(22)21-10-11-29-28-6/h15,18H,7-14H2,1-6H3,(H,21,22). The fraction of sp³-hybridized carbons (Fsp3) is 0.900. The minimum atomic E-state index is -0.654. The van der Waals surface area contributed by atoms with Crippen molar-refractivity contribution in [3.05, 3.63) is 0 Å². The van der Waals surface area contributed by atoms with Crippen LogP contribution >= 0.6 is 21.6 Å². The summed E-state index contributed by atoms with van der Waals surface area (Å²) >= 11 is 0. The SMILES string of the molecule is CSSCCNC(=O)CCCC(=O)OCC(OC1COC(C)(C)C1)OC(C)(C)C. The molecule has 9 heteroatoms. The van der Waals surface area contributed by atoms with E-state index in [0.717, 1.165) is 12.2 Å². The molecule has 1 heterocycles. The summed E-state index contributed by atoms with van der Waals surface area (Å²) in [6.07, 6.45) is 2.97. The Kier molecular flexibility index (Phi) is 11.9. The summed E-state index contributed by atoms with van der Waals surface area (Å²) in [5, 5.41) is 2.84. The van der Waals surface area contributed by atoms with Gasteiger partial charge >= 0.3 is 5.97 Å². The third kappa shape index (κ3) is 13.4. The normalized spacial score (nSPS) is 19.7. The van der Waals surface area contributed by atoms with Crippen molar-refractivity contribution < 1.29 is 28.5 Å². The molecule has 29 heavy (non-hydrogen) atoms. The molecule has 0 spiro atoms. The molecule has 0 radical (unpaired) electrons. The molecule has 0 aromatic heterocycles. The molecule has 2 unspecified atom stereocenters. The largest absolute Gasteiger partial charge is 0.460 e. The van der Waals surface area contributed by atoms with Crippen LogP contribution in [-0.4, -0.2) is 67.2 Å². The smallest absolute Gasteiger partial charge is 0.305 e. The average Bonchev–Trinajstić information content (AvgIpc) is 2.94. The molecule has 0 saturated carbocycles. The monoisotopic (exact) mass is 451 g/mol. The zero-order chi connectivity index (χ0) is 21.9. The maximum atomic E-state index is 12.0. The number of rotatable bonds is 13. The van der Waals surface area contributed by atoms with Gasteiger partial charge in [0, 0.05) is 31.6 Å². The first-order valence-corrected chi connectivity index (χ1v) is 12.8. The molecule has 1 aliphatic heterocycles. The lowest BCUT2D eigenvalue weighted by Gasteiger charge is -2.29. The molecule has 170 valence electrons. The highest BCUT2D eigenvalue weighted by Gasteiger charge is 2.35. The van der Waals surface area contributed by atoms with Crippen molar-refractivity contribution in [2.24, 2.45) is 0 Å². The van der Waals surface area contributed by atoms with Gasteiger partial charge in [0.15, 0.2) is 6.29 Å². The van der Waals surface area contributed by atoms with Crippen LogP contribution in [0.3, 0.4) is 0 Å². The van der Waals surface area contributed by atoms with Crippen LogP contribution in [-0.2, 0) is 28.5 Å². The number of carbonyl (C=O) groups is 2. The number of hydrogen-bond acceptors (Lipinski definition) is 8. The Morgan fingerprint density at radius 3 is 2.59 bits per heavy atom. The fourth-order valence-corrected chi connectivity index (χ4v) is 3.91. The predicted molar refractivity (Wildman–Crippen MR) is 118 cm³/mol. The maximum Gasteiger partial charge on any atom is 0.305 e. The van der Waals surface area contributed by atoms with E-state index >= 15 is 0 Å².